The molecule has 0 amide bonds. The summed E-state index contributed by atoms with van der Waals surface area (Å²) in [4.78, 5) is 0. The first-order valence-electron chi connectivity index (χ1n) is 3.90. The molecule has 0 aromatic rings. The minimum atomic E-state index is -0.556. The van der Waals surface area contributed by atoms with Gasteiger partial charge in [0.2, 0.25) is 0 Å². The molecule has 0 aromatic carbocycles. The quantitative estimate of drug-likeness (QED) is 0.667. The second-order valence-corrected chi connectivity index (χ2v) is 4.81. The number of fused-ring (bicyclic) bond motifs is 1. The number of aliphatic hydroxyl groups is 1. The number of hydrogen-bond donors (Lipinski definition) is 1. The third kappa shape index (κ3) is 5.18. The molecule has 2 aliphatic carbocycles. The van der Waals surface area contributed by atoms with Gasteiger partial charge in [0, 0.05) is 13.0 Å². The van der Waals surface area contributed by atoms with Crippen LogP contribution in [0.4, 0.5) is 0 Å². The zero-order chi connectivity index (χ0) is 10.8. The molecular weight excluding hydrogens is 255 g/mol. The zero-order valence-corrected chi connectivity index (χ0v) is 10.8. The van der Waals surface area contributed by atoms with Crippen molar-refractivity contribution < 1.29 is 22.1 Å². The SMILES string of the molecule is C1=C[C]2C=CC=C2C=C1.CO.[Cl][Ti][Cl]. The van der Waals surface area contributed by atoms with Crippen molar-refractivity contribution in [2.24, 2.45) is 0 Å². The summed E-state index contributed by atoms with van der Waals surface area (Å²) in [5.74, 6) is 1.33. The Morgan fingerprint density at radius 3 is 2.07 bits per heavy atom. The molecule has 14 heavy (non-hydrogen) atoms. The molecule has 0 unspecified atom stereocenters. The Bertz CT molecular complexity index is 257. The van der Waals surface area contributed by atoms with E-state index in [0.717, 1.165) is 7.11 Å². The van der Waals surface area contributed by atoms with Gasteiger partial charge in [-0.05, 0) is 5.57 Å². The maximum atomic E-state index is 7.00. The van der Waals surface area contributed by atoms with Gasteiger partial charge in [-0.15, -0.1) is 0 Å². The van der Waals surface area contributed by atoms with Crippen molar-refractivity contribution in [3.8, 4) is 0 Å². The summed E-state index contributed by atoms with van der Waals surface area (Å²) in [7, 11) is 10.8. The molecule has 2 aliphatic rings. The van der Waals surface area contributed by atoms with Crippen molar-refractivity contribution in [1.29, 1.82) is 0 Å². The molecule has 0 spiro atoms. The van der Waals surface area contributed by atoms with Gasteiger partial charge in [0.05, 0.1) is 0 Å². The molecular formula is C10H11Cl2OTi. The normalized spacial score (nSPS) is 15.9. The van der Waals surface area contributed by atoms with Crippen LogP contribution in [-0.4, -0.2) is 12.2 Å². The molecule has 75 valence electrons. The van der Waals surface area contributed by atoms with E-state index in [1.165, 1.54) is 11.5 Å². The molecule has 1 radical (unpaired) electrons. The number of hydrogen-bond acceptors (Lipinski definition) is 1. The topological polar surface area (TPSA) is 20.2 Å². The van der Waals surface area contributed by atoms with E-state index in [1.54, 1.807) is 0 Å². The van der Waals surface area contributed by atoms with Crippen LogP contribution in [0.3, 0.4) is 0 Å². The molecule has 0 saturated heterocycles. The fraction of sp³-hybridized carbons (Fsp3) is 0.100. The van der Waals surface area contributed by atoms with Crippen molar-refractivity contribution in [3.05, 3.63) is 54.0 Å². The summed E-state index contributed by atoms with van der Waals surface area (Å²) in [6.45, 7) is 0. The summed E-state index contributed by atoms with van der Waals surface area (Å²) in [5.41, 5.74) is 1.33. The van der Waals surface area contributed by atoms with Crippen LogP contribution in [0, 0.1) is 5.92 Å². The number of allylic oxidation sites excluding steroid dienone is 8. The molecule has 4 heteroatoms. The van der Waals surface area contributed by atoms with Crippen LogP contribution in [0.25, 0.3) is 0 Å². The van der Waals surface area contributed by atoms with Crippen LogP contribution in [-0.2, 0) is 17.0 Å². The van der Waals surface area contributed by atoms with Gasteiger partial charge in [0.15, 0.2) is 0 Å². The summed E-state index contributed by atoms with van der Waals surface area (Å²) >= 11 is -0.556. The van der Waals surface area contributed by atoms with Gasteiger partial charge in [-0.3, -0.25) is 0 Å². The molecule has 1 N–H and O–H groups in total. The average molecular weight is 266 g/mol. The fourth-order valence-corrected chi connectivity index (χ4v) is 1.07. The van der Waals surface area contributed by atoms with E-state index < -0.39 is 17.0 Å². The first-order chi connectivity index (χ1) is 6.88. The molecule has 0 aromatic heterocycles. The Labute approximate surface area is 101 Å². The van der Waals surface area contributed by atoms with E-state index in [4.69, 9.17) is 23.7 Å². The van der Waals surface area contributed by atoms with Crippen molar-refractivity contribution in [2.45, 2.75) is 0 Å². The molecule has 2 rings (SSSR count). The van der Waals surface area contributed by atoms with E-state index in [9.17, 15) is 0 Å². The van der Waals surface area contributed by atoms with E-state index in [-0.39, 0.29) is 0 Å². The first kappa shape index (κ1) is 14.2. The van der Waals surface area contributed by atoms with Gasteiger partial charge in [0.1, 0.15) is 0 Å². The molecule has 0 saturated carbocycles. The summed E-state index contributed by atoms with van der Waals surface area (Å²) in [6.07, 6.45) is 14.7. The molecule has 0 aliphatic heterocycles. The molecule has 0 heterocycles. The Morgan fingerprint density at radius 2 is 1.50 bits per heavy atom. The van der Waals surface area contributed by atoms with E-state index in [2.05, 4.69) is 42.5 Å². The zero-order valence-electron chi connectivity index (χ0n) is 7.74. The first-order valence-corrected chi connectivity index (χ1v) is 8.19. The summed E-state index contributed by atoms with van der Waals surface area (Å²) in [5, 5.41) is 7.00. The van der Waals surface area contributed by atoms with Crippen LogP contribution >= 0.6 is 18.6 Å². The van der Waals surface area contributed by atoms with Crippen LogP contribution < -0.4 is 0 Å². The predicted octanol–water partition coefficient (Wildman–Crippen LogP) is 3.17. The van der Waals surface area contributed by atoms with Gasteiger partial charge >= 0.3 is 35.6 Å². The van der Waals surface area contributed by atoms with Gasteiger partial charge in [0.25, 0.3) is 0 Å². The third-order valence-corrected chi connectivity index (χ3v) is 1.55. The van der Waals surface area contributed by atoms with Gasteiger partial charge in [-0.2, -0.15) is 0 Å². The Hall–Kier alpha value is 0.214. The molecule has 0 atom stereocenters. The molecule has 0 bridgehead atoms. The van der Waals surface area contributed by atoms with Gasteiger partial charge in [-0.25, -0.2) is 0 Å². The van der Waals surface area contributed by atoms with E-state index >= 15 is 0 Å². The monoisotopic (exact) mass is 265 g/mol. The second-order valence-electron chi connectivity index (χ2n) is 2.23. The predicted molar refractivity (Wildman–Crippen MR) is 58.6 cm³/mol. The summed E-state index contributed by atoms with van der Waals surface area (Å²) < 4.78 is 0. The number of aliphatic hydroxyl groups excluding tert-OH is 1. The Kier molecular flexibility index (Phi) is 9.91. The van der Waals surface area contributed by atoms with Crippen molar-refractivity contribution in [3.63, 3.8) is 0 Å². The second kappa shape index (κ2) is 9.76. The number of halogens is 2. The van der Waals surface area contributed by atoms with Crippen molar-refractivity contribution >= 4 is 18.6 Å². The molecule has 1 nitrogen and oxygen atoms in total. The van der Waals surface area contributed by atoms with Gasteiger partial charge in [-0.1, -0.05) is 42.5 Å². The van der Waals surface area contributed by atoms with Crippen LogP contribution in [0.2, 0.25) is 0 Å². The van der Waals surface area contributed by atoms with Crippen molar-refractivity contribution in [1.82, 2.24) is 0 Å². The van der Waals surface area contributed by atoms with Crippen LogP contribution in [0.1, 0.15) is 0 Å². The van der Waals surface area contributed by atoms with Crippen LogP contribution in [0.5, 0.6) is 0 Å². The fourth-order valence-electron chi connectivity index (χ4n) is 1.07. The van der Waals surface area contributed by atoms with E-state index in [1.807, 2.05) is 0 Å². The Morgan fingerprint density at radius 1 is 1.00 bits per heavy atom. The van der Waals surface area contributed by atoms with E-state index in [0.29, 0.717) is 0 Å². The molecule has 0 fully saturated rings. The van der Waals surface area contributed by atoms with Crippen LogP contribution in [0.15, 0.2) is 48.1 Å². The maximum absolute atomic E-state index is 7.00. The average Bonchev–Trinajstić information content (AvgIpc) is 2.69. The van der Waals surface area contributed by atoms with Gasteiger partial charge < -0.3 is 5.11 Å². The minimum absolute atomic E-state index is 0.556. The van der Waals surface area contributed by atoms with Crippen molar-refractivity contribution in [2.75, 3.05) is 7.11 Å². The number of rotatable bonds is 0. The third-order valence-electron chi connectivity index (χ3n) is 1.55. The summed E-state index contributed by atoms with van der Waals surface area (Å²) in [6, 6.07) is 0. The standard InChI is InChI=1S/C9H7.CH4O.2ClH.Ti/c1-2-5-9-7-3-6-8(9)4-1;1-2;;;/h1-7H;2H,1H3;2*1H;/q;;;;+2/p-2. The Balaban J connectivity index is 0.000000294.